The van der Waals surface area contributed by atoms with Gasteiger partial charge in [-0.25, -0.2) is 18.1 Å². The quantitative estimate of drug-likeness (QED) is 0.470. The number of halogens is 1. The number of fused-ring (bicyclic) bond motifs is 1. The lowest BCUT2D eigenvalue weighted by atomic mass is 10.3. The molecule has 0 saturated heterocycles. The van der Waals surface area contributed by atoms with Crippen LogP contribution in [0.5, 0.6) is 0 Å². The minimum absolute atomic E-state index is 0.00188. The highest BCUT2D eigenvalue weighted by molar-refractivity contribution is 7.89. The minimum atomic E-state index is -3.80. The predicted molar refractivity (Wildman–Crippen MR) is 120 cm³/mol. The lowest BCUT2D eigenvalue weighted by Gasteiger charge is -2.17. The highest BCUT2D eigenvalue weighted by atomic mass is 35.5. The smallest absolute Gasteiger partial charge is 0.307 e. The van der Waals surface area contributed by atoms with Gasteiger partial charge in [-0.15, -0.1) is 0 Å². The third-order valence-electron chi connectivity index (χ3n) is 4.22. The third kappa shape index (κ3) is 6.01. The van der Waals surface area contributed by atoms with Gasteiger partial charge in [0.2, 0.25) is 10.0 Å². The first kappa shape index (κ1) is 23.1. The van der Waals surface area contributed by atoms with Crippen molar-refractivity contribution in [2.75, 3.05) is 24.6 Å². The van der Waals surface area contributed by atoms with Crippen molar-refractivity contribution in [2.24, 2.45) is 0 Å². The van der Waals surface area contributed by atoms with Gasteiger partial charge in [-0.2, -0.15) is 0 Å². The van der Waals surface area contributed by atoms with Gasteiger partial charge < -0.3 is 4.74 Å². The van der Waals surface area contributed by atoms with Crippen molar-refractivity contribution in [3.8, 4) is 0 Å². The van der Waals surface area contributed by atoms with E-state index in [1.54, 1.807) is 13.0 Å². The predicted octanol–water partition coefficient (Wildman–Crippen LogP) is 3.21. The Morgan fingerprint density at radius 1 is 1.19 bits per heavy atom. The molecule has 0 spiro atoms. The minimum Gasteiger partial charge on any atom is -0.456 e. The molecule has 3 aromatic rings. The van der Waals surface area contributed by atoms with Crippen molar-refractivity contribution < 1.29 is 22.7 Å². The van der Waals surface area contributed by atoms with Crippen LogP contribution in [0, 0.1) is 0 Å². The molecule has 1 N–H and O–H groups in total. The van der Waals surface area contributed by atoms with Crippen LogP contribution >= 0.6 is 22.9 Å². The summed E-state index contributed by atoms with van der Waals surface area (Å²) < 4.78 is 32.7. The highest BCUT2D eigenvalue weighted by Crippen LogP contribution is 2.28. The van der Waals surface area contributed by atoms with Crippen molar-refractivity contribution in [2.45, 2.75) is 18.2 Å². The molecular formula is C20H20ClN3O5S2. The van der Waals surface area contributed by atoms with Gasteiger partial charge in [-0.05, 0) is 37.3 Å². The zero-order chi connectivity index (χ0) is 22.4. The number of hydrogen-bond acceptors (Lipinski definition) is 7. The van der Waals surface area contributed by atoms with Crippen LogP contribution in [0.15, 0.2) is 53.4 Å². The Morgan fingerprint density at radius 3 is 2.68 bits per heavy atom. The van der Waals surface area contributed by atoms with Crippen LogP contribution in [0.3, 0.4) is 0 Å². The lowest BCUT2D eigenvalue weighted by Crippen LogP contribution is -2.35. The molecule has 1 amide bonds. The number of carbonyl (C=O) groups excluding carboxylic acids is 2. The van der Waals surface area contributed by atoms with E-state index in [1.165, 1.54) is 34.4 Å². The fourth-order valence-corrected chi connectivity index (χ4v) is 5.07. The number of anilines is 1. The van der Waals surface area contributed by atoms with Crippen LogP contribution < -0.4 is 9.62 Å². The van der Waals surface area contributed by atoms with Gasteiger partial charge >= 0.3 is 5.97 Å². The zero-order valence-corrected chi connectivity index (χ0v) is 19.0. The van der Waals surface area contributed by atoms with Crippen LogP contribution in [0.25, 0.3) is 10.2 Å². The highest BCUT2D eigenvalue weighted by Gasteiger charge is 2.20. The molecule has 0 bridgehead atoms. The summed E-state index contributed by atoms with van der Waals surface area (Å²) in [7, 11) is -3.80. The molecule has 31 heavy (non-hydrogen) atoms. The van der Waals surface area contributed by atoms with Crippen molar-refractivity contribution in [3.05, 3.63) is 53.6 Å². The normalized spacial score (nSPS) is 11.4. The van der Waals surface area contributed by atoms with Gasteiger partial charge in [-0.1, -0.05) is 41.1 Å². The van der Waals surface area contributed by atoms with Gasteiger partial charge in [0.05, 0.1) is 21.5 Å². The Bertz CT molecular complexity index is 1160. The van der Waals surface area contributed by atoms with E-state index in [1.807, 2.05) is 24.3 Å². The van der Waals surface area contributed by atoms with Gasteiger partial charge in [0.1, 0.15) is 0 Å². The maximum atomic E-state index is 12.5. The van der Waals surface area contributed by atoms with Crippen LogP contribution in [-0.2, 0) is 24.3 Å². The molecule has 0 saturated carbocycles. The molecule has 164 valence electrons. The maximum absolute atomic E-state index is 12.5. The number of nitrogens with zero attached hydrogens (tertiary/aromatic N) is 2. The molecule has 0 atom stereocenters. The number of thiazole rings is 1. The lowest BCUT2D eigenvalue weighted by molar-refractivity contribution is -0.147. The SMILES string of the molecule is CCN(C(=O)COC(=O)CCNS(=O)(=O)c1cccc(Cl)c1)c1nc2ccccc2s1. The first-order chi connectivity index (χ1) is 14.8. The maximum Gasteiger partial charge on any atom is 0.307 e. The molecule has 8 nitrogen and oxygen atoms in total. The number of carbonyl (C=O) groups is 2. The van der Waals surface area contributed by atoms with Crippen molar-refractivity contribution in [3.63, 3.8) is 0 Å². The zero-order valence-electron chi connectivity index (χ0n) is 16.6. The molecule has 11 heteroatoms. The topological polar surface area (TPSA) is 106 Å². The Kier molecular flexibility index (Phi) is 7.60. The second-order valence-electron chi connectivity index (χ2n) is 6.37. The van der Waals surface area contributed by atoms with Gasteiger partial charge in [-0.3, -0.25) is 14.5 Å². The number of rotatable bonds is 9. The summed E-state index contributed by atoms with van der Waals surface area (Å²) in [6.07, 6.45) is -0.222. The summed E-state index contributed by atoms with van der Waals surface area (Å²) in [4.78, 5) is 30.3. The van der Waals surface area contributed by atoms with E-state index in [4.69, 9.17) is 16.3 Å². The molecule has 0 radical (unpaired) electrons. The number of likely N-dealkylation sites (N-methyl/N-ethyl adjacent to an activating group) is 1. The number of nitrogens with one attached hydrogen (secondary N) is 1. The van der Waals surface area contributed by atoms with Crippen molar-refractivity contribution in [1.29, 1.82) is 0 Å². The first-order valence-corrected chi connectivity index (χ1v) is 12.0. The Morgan fingerprint density at radius 2 is 1.97 bits per heavy atom. The molecule has 0 aliphatic carbocycles. The number of sulfonamides is 1. The van der Waals surface area contributed by atoms with Crippen LogP contribution in [-0.4, -0.2) is 45.0 Å². The Hall–Kier alpha value is -2.53. The van der Waals surface area contributed by atoms with Crippen molar-refractivity contribution >= 4 is 60.2 Å². The van der Waals surface area contributed by atoms with E-state index >= 15 is 0 Å². The van der Waals surface area contributed by atoms with Gasteiger partial charge in [0.25, 0.3) is 5.91 Å². The van der Waals surface area contributed by atoms with Gasteiger partial charge in [0.15, 0.2) is 11.7 Å². The second-order valence-corrected chi connectivity index (χ2v) is 9.58. The molecule has 1 heterocycles. The number of aromatic nitrogens is 1. The molecule has 0 unspecified atom stereocenters. The van der Waals surface area contributed by atoms with E-state index in [0.717, 1.165) is 10.2 Å². The van der Waals surface area contributed by atoms with Crippen molar-refractivity contribution in [1.82, 2.24) is 9.71 Å². The fraction of sp³-hybridized carbons (Fsp3) is 0.250. The monoisotopic (exact) mass is 481 g/mol. The number of esters is 1. The Labute approximate surface area is 188 Å². The first-order valence-electron chi connectivity index (χ1n) is 9.37. The number of para-hydroxylation sites is 1. The van der Waals surface area contributed by atoms with Crippen LogP contribution in [0.4, 0.5) is 5.13 Å². The Balaban J connectivity index is 1.49. The molecular weight excluding hydrogens is 462 g/mol. The summed E-state index contributed by atoms with van der Waals surface area (Å²) in [5, 5.41) is 0.813. The number of hydrogen-bond donors (Lipinski definition) is 1. The number of ether oxygens (including phenoxy) is 1. The standard InChI is InChI=1S/C20H20ClN3O5S2/c1-2-24(20-23-16-8-3-4-9-17(16)30-20)18(25)13-29-19(26)10-11-22-31(27,28)15-7-5-6-14(21)12-15/h3-9,12,22H,2,10-11,13H2,1H3. The van der Waals surface area contributed by atoms with Crippen LogP contribution in [0.2, 0.25) is 5.02 Å². The summed E-state index contributed by atoms with van der Waals surface area (Å²) in [6, 6.07) is 13.3. The second kappa shape index (κ2) is 10.2. The summed E-state index contributed by atoms with van der Waals surface area (Å²) >= 11 is 7.18. The molecule has 0 fully saturated rings. The molecule has 0 aliphatic heterocycles. The summed E-state index contributed by atoms with van der Waals surface area (Å²) in [5.74, 6) is -1.10. The number of benzene rings is 2. The number of amides is 1. The molecule has 1 aromatic heterocycles. The van der Waals surface area contributed by atoms with Gasteiger partial charge in [0, 0.05) is 18.1 Å². The van der Waals surface area contributed by atoms with Crippen LogP contribution in [0.1, 0.15) is 13.3 Å². The van der Waals surface area contributed by atoms with E-state index in [0.29, 0.717) is 11.7 Å². The van der Waals surface area contributed by atoms with E-state index in [2.05, 4.69) is 9.71 Å². The third-order valence-corrected chi connectivity index (χ3v) is 6.97. The molecule has 3 rings (SSSR count). The van der Waals surface area contributed by atoms with E-state index < -0.39 is 28.5 Å². The molecule has 0 aliphatic rings. The average molecular weight is 482 g/mol. The summed E-state index contributed by atoms with van der Waals surface area (Å²) in [6.45, 7) is 1.55. The largest absolute Gasteiger partial charge is 0.456 e. The van der Waals surface area contributed by atoms with E-state index in [-0.39, 0.29) is 22.9 Å². The average Bonchev–Trinajstić information content (AvgIpc) is 3.16. The van der Waals surface area contributed by atoms with E-state index in [9.17, 15) is 18.0 Å². The summed E-state index contributed by atoms with van der Waals surface area (Å²) in [5.41, 5.74) is 0.790. The fourth-order valence-electron chi connectivity index (χ4n) is 2.69. The molecule has 2 aromatic carbocycles.